The standard InChI is InChI=1S/C19H22Cl2N4O2/c1-2-23-19(24-10-12-4-3-5-13(6-12)18(22)27)25-11-17(26)14-7-15(20)9-16(21)8-14/h3-9,17,26H,2,10-11H2,1H3,(H2,22,27)(H2,23,24,25). The van der Waals surface area contributed by atoms with E-state index in [4.69, 9.17) is 28.9 Å². The minimum Gasteiger partial charge on any atom is -0.387 e. The molecule has 27 heavy (non-hydrogen) atoms. The third kappa shape index (κ3) is 6.75. The van der Waals surface area contributed by atoms with Crippen molar-refractivity contribution < 1.29 is 9.90 Å². The summed E-state index contributed by atoms with van der Waals surface area (Å²) in [5, 5.41) is 17.5. The van der Waals surface area contributed by atoms with Gasteiger partial charge in [0.15, 0.2) is 5.96 Å². The van der Waals surface area contributed by atoms with Gasteiger partial charge in [0.2, 0.25) is 5.91 Å². The molecule has 6 nitrogen and oxygen atoms in total. The third-order valence-electron chi connectivity index (χ3n) is 3.71. The fourth-order valence-corrected chi connectivity index (χ4v) is 2.96. The molecule has 0 aliphatic carbocycles. The summed E-state index contributed by atoms with van der Waals surface area (Å²) in [6.07, 6.45) is -0.803. The lowest BCUT2D eigenvalue weighted by Crippen LogP contribution is -2.39. The number of guanidine groups is 1. The molecule has 0 fully saturated rings. The predicted molar refractivity (Wildman–Crippen MR) is 109 cm³/mol. The topological polar surface area (TPSA) is 99.7 Å². The zero-order valence-electron chi connectivity index (χ0n) is 14.9. The Balaban J connectivity index is 2.02. The lowest BCUT2D eigenvalue weighted by atomic mass is 10.1. The van der Waals surface area contributed by atoms with Gasteiger partial charge in [-0.2, -0.15) is 0 Å². The van der Waals surface area contributed by atoms with Crippen LogP contribution in [0.4, 0.5) is 0 Å². The molecule has 0 radical (unpaired) electrons. The first-order chi connectivity index (χ1) is 12.9. The van der Waals surface area contributed by atoms with Gasteiger partial charge in [0, 0.05) is 28.7 Å². The summed E-state index contributed by atoms with van der Waals surface area (Å²) < 4.78 is 0. The molecule has 5 N–H and O–H groups in total. The summed E-state index contributed by atoms with van der Waals surface area (Å²) in [6, 6.07) is 11.9. The van der Waals surface area contributed by atoms with Gasteiger partial charge in [-0.1, -0.05) is 35.3 Å². The van der Waals surface area contributed by atoms with Crippen LogP contribution >= 0.6 is 23.2 Å². The average Bonchev–Trinajstić information content (AvgIpc) is 2.63. The molecule has 0 saturated carbocycles. The van der Waals surface area contributed by atoms with E-state index in [0.29, 0.717) is 40.2 Å². The Hall–Kier alpha value is -2.28. The number of carbonyl (C=O) groups excluding carboxylic acids is 1. The van der Waals surface area contributed by atoms with Crippen molar-refractivity contribution in [1.82, 2.24) is 10.6 Å². The molecule has 1 amide bonds. The van der Waals surface area contributed by atoms with E-state index in [1.54, 1.807) is 36.4 Å². The van der Waals surface area contributed by atoms with Crippen LogP contribution in [0.3, 0.4) is 0 Å². The number of carbonyl (C=O) groups is 1. The van der Waals surface area contributed by atoms with E-state index in [9.17, 15) is 9.90 Å². The average molecular weight is 409 g/mol. The van der Waals surface area contributed by atoms with Gasteiger partial charge in [-0.15, -0.1) is 0 Å². The molecule has 0 heterocycles. The van der Waals surface area contributed by atoms with Crippen LogP contribution in [0, 0.1) is 0 Å². The zero-order chi connectivity index (χ0) is 19.8. The Kier molecular flexibility index (Phi) is 7.91. The minimum atomic E-state index is -0.803. The van der Waals surface area contributed by atoms with Gasteiger partial charge in [0.1, 0.15) is 0 Å². The van der Waals surface area contributed by atoms with Gasteiger partial charge in [-0.05, 0) is 48.4 Å². The number of hydrogen-bond donors (Lipinski definition) is 4. The van der Waals surface area contributed by atoms with E-state index in [2.05, 4.69) is 15.6 Å². The monoisotopic (exact) mass is 408 g/mol. The van der Waals surface area contributed by atoms with Crippen LogP contribution in [-0.2, 0) is 6.54 Å². The number of benzene rings is 2. The number of nitrogens with one attached hydrogen (secondary N) is 2. The number of rotatable bonds is 7. The summed E-state index contributed by atoms with van der Waals surface area (Å²) >= 11 is 11.9. The second-order valence-corrected chi connectivity index (χ2v) is 6.73. The molecule has 0 aromatic heterocycles. The molecule has 0 aliphatic rings. The van der Waals surface area contributed by atoms with Crippen molar-refractivity contribution in [3.8, 4) is 0 Å². The second-order valence-electron chi connectivity index (χ2n) is 5.86. The highest BCUT2D eigenvalue weighted by Gasteiger charge is 2.10. The number of amides is 1. The number of halogens is 2. The van der Waals surface area contributed by atoms with E-state index in [-0.39, 0.29) is 6.54 Å². The molecule has 8 heteroatoms. The van der Waals surface area contributed by atoms with Gasteiger partial charge in [-0.3, -0.25) is 4.79 Å². The van der Waals surface area contributed by atoms with Crippen molar-refractivity contribution in [2.75, 3.05) is 13.1 Å². The third-order valence-corrected chi connectivity index (χ3v) is 4.14. The van der Waals surface area contributed by atoms with Gasteiger partial charge >= 0.3 is 0 Å². The van der Waals surface area contributed by atoms with E-state index in [0.717, 1.165) is 5.56 Å². The first kappa shape index (κ1) is 21.0. The fourth-order valence-electron chi connectivity index (χ4n) is 2.41. The van der Waals surface area contributed by atoms with Crippen LogP contribution in [0.25, 0.3) is 0 Å². The highest BCUT2D eigenvalue weighted by Crippen LogP contribution is 2.23. The zero-order valence-corrected chi connectivity index (χ0v) is 16.4. The van der Waals surface area contributed by atoms with E-state index >= 15 is 0 Å². The molecule has 0 saturated heterocycles. The molecule has 0 spiro atoms. The van der Waals surface area contributed by atoms with Crippen LogP contribution in [0.5, 0.6) is 0 Å². The summed E-state index contributed by atoms with van der Waals surface area (Å²) in [5.74, 6) is 0.0586. The van der Waals surface area contributed by atoms with Gasteiger partial charge < -0.3 is 21.5 Å². The van der Waals surface area contributed by atoms with Crippen molar-refractivity contribution in [3.63, 3.8) is 0 Å². The van der Waals surface area contributed by atoms with Crippen molar-refractivity contribution in [3.05, 3.63) is 69.2 Å². The van der Waals surface area contributed by atoms with E-state index < -0.39 is 12.0 Å². The maximum atomic E-state index is 11.3. The van der Waals surface area contributed by atoms with Crippen LogP contribution in [0.1, 0.15) is 34.5 Å². The first-order valence-electron chi connectivity index (χ1n) is 8.44. The van der Waals surface area contributed by atoms with Crippen molar-refractivity contribution in [1.29, 1.82) is 0 Å². The van der Waals surface area contributed by atoms with Crippen LogP contribution in [0.2, 0.25) is 10.0 Å². The number of aliphatic hydroxyl groups excluding tert-OH is 1. The smallest absolute Gasteiger partial charge is 0.248 e. The Labute approximate surface area is 168 Å². The highest BCUT2D eigenvalue weighted by atomic mass is 35.5. The highest BCUT2D eigenvalue weighted by molar-refractivity contribution is 6.34. The number of aliphatic hydroxyl groups is 1. The number of nitrogens with two attached hydrogens (primary N) is 1. The SMILES string of the molecule is CCNC(=NCc1cccc(C(N)=O)c1)NCC(O)c1cc(Cl)cc(Cl)c1. The van der Waals surface area contributed by atoms with E-state index in [1.165, 1.54) is 0 Å². The van der Waals surface area contributed by atoms with Crippen molar-refractivity contribution in [2.45, 2.75) is 19.6 Å². The Bertz CT molecular complexity index is 807. The summed E-state index contributed by atoms with van der Waals surface area (Å²) in [6.45, 7) is 3.18. The van der Waals surface area contributed by atoms with Gasteiger partial charge in [0.25, 0.3) is 0 Å². The Morgan fingerprint density at radius 2 is 1.89 bits per heavy atom. The number of aliphatic imine (C=N–C) groups is 1. The van der Waals surface area contributed by atoms with Crippen molar-refractivity contribution >= 4 is 35.1 Å². The molecule has 2 rings (SSSR count). The van der Waals surface area contributed by atoms with Gasteiger partial charge in [-0.25, -0.2) is 4.99 Å². The minimum absolute atomic E-state index is 0.226. The predicted octanol–water partition coefficient (Wildman–Crippen LogP) is 2.88. The molecule has 1 unspecified atom stereocenters. The van der Waals surface area contributed by atoms with Gasteiger partial charge in [0.05, 0.1) is 12.6 Å². The Morgan fingerprint density at radius 3 is 2.52 bits per heavy atom. The number of primary amides is 1. The van der Waals surface area contributed by atoms with Crippen LogP contribution in [0.15, 0.2) is 47.5 Å². The molecule has 2 aromatic rings. The lowest BCUT2D eigenvalue weighted by molar-refractivity contribution is 0.1000. The second kappa shape index (κ2) is 10.2. The molecule has 1 atom stereocenters. The number of nitrogens with zero attached hydrogens (tertiary/aromatic N) is 1. The molecular formula is C19H22Cl2N4O2. The van der Waals surface area contributed by atoms with Crippen LogP contribution < -0.4 is 16.4 Å². The normalized spacial score (nSPS) is 12.5. The van der Waals surface area contributed by atoms with Crippen LogP contribution in [-0.4, -0.2) is 30.1 Å². The number of hydrogen-bond acceptors (Lipinski definition) is 3. The fraction of sp³-hybridized carbons (Fsp3) is 0.263. The Morgan fingerprint density at radius 1 is 1.19 bits per heavy atom. The largest absolute Gasteiger partial charge is 0.387 e. The molecule has 0 bridgehead atoms. The molecular weight excluding hydrogens is 387 g/mol. The summed E-state index contributed by atoms with van der Waals surface area (Å²) in [5.41, 5.74) is 7.20. The quantitative estimate of drug-likeness (QED) is 0.417. The molecule has 144 valence electrons. The maximum absolute atomic E-state index is 11.3. The first-order valence-corrected chi connectivity index (χ1v) is 9.19. The maximum Gasteiger partial charge on any atom is 0.248 e. The van der Waals surface area contributed by atoms with Crippen molar-refractivity contribution in [2.24, 2.45) is 10.7 Å². The van der Waals surface area contributed by atoms with E-state index in [1.807, 2.05) is 13.0 Å². The summed E-state index contributed by atoms with van der Waals surface area (Å²) in [7, 11) is 0. The molecule has 2 aromatic carbocycles. The molecule has 0 aliphatic heterocycles. The summed E-state index contributed by atoms with van der Waals surface area (Å²) in [4.78, 5) is 15.7. The lowest BCUT2D eigenvalue weighted by Gasteiger charge is -2.16.